The van der Waals surface area contributed by atoms with Gasteiger partial charge in [0.2, 0.25) is 21.1 Å². The van der Waals surface area contributed by atoms with Crippen molar-refractivity contribution >= 4 is 49.8 Å². The summed E-state index contributed by atoms with van der Waals surface area (Å²) < 4.78 is 26.1. The number of aromatic nitrogens is 2. The third kappa shape index (κ3) is 6.33. The summed E-state index contributed by atoms with van der Waals surface area (Å²) in [4.78, 5) is 12.3. The van der Waals surface area contributed by atoms with Gasteiger partial charge in [-0.1, -0.05) is 55.2 Å². The van der Waals surface area contributed by atoms with E-state index in [0.29, 0.717) is 26.8 Å². The second kappa shape index (κ2) is 9.34. The van der Waals surface area contributed by atoms with Crippen molar-refractivity contribution in [1.29, 1.82) is 0 Å². The number of anilines is 2. The van der Waals surface area contributed by atoms with E-state index >= 15 is 0 Å². The predicted octanol–water partition coefficient (Wildman–Crippen LogP) is 3.34. The number of rotatable bonds is 9. The molecule has 1 aromatic heterocycles. The van der Waals surface area contributed by atoms with Crippen molar-refractivity contribution < 1.29 is 13.2 Å². The molecule has 10 heteroatoms. The first-order valence-corrected chi connectivity index (χ1v) is 11.8. The van der Waals surface area contributed by atoms with Crippen LogP contribution in [0.5, 0.6) is 0 Å². The van der Waals surface area contributed by atoms with Crippen molar-refractivity contribution in [3.8, 4) is 0 Å². The third-order valence-corrected chi connectivity index (χ3v) is 6.62. The minimum absolute atomic E-state index is 0.329. The van der Waals surface area contributed by atoms with Gasteiger partial charge in [-0.25, -0.2) is 8.42 Å². The molecular weight excluding hydrogens is 404 g/mol. The zero-order valence-electron chi connectivity index (χ0n) is 15.4. The molecule has 27 heavy (non-hydrogen) atoms. The van der Waals surface area contributed by atoms with Gasteiger partial charge in [0.05, 0.1) is 11.9 Å². The zero-order valence-corrected chi connectivity index (χ0v) is 17.8. The minimum Gasteiger partial charge on any atom is -0.299 e. The molecule has 0 fully saturated rings. The van der Waals surface area contributed by atoms with Crippen LogP contribution in [-0.2, 0) is 14.8 Å². The van der Waals surface area contributed by atoms with E-state index in [0.717, 1.165) is 16.1 Å². The van der Waals surface area contributed by atoms with Crippen LogP contribution < -0.4 is 9.62 Å². The number of nitrogens with one attached hydrogen (secondary N) is 1. The SMILES string of the molecule is C=CCSc1nnc(NC(=O)CN(c2ccc(C(C)C)cc2)S(C)(=O)=O)s1. The summed E-state index contributed by atoms with van der Waals surface area (Å²) in [7, 11) is -3.62. The molecule has 0 spiro atoms. The Balaban J connectivity index is 2.10. The lowest BCUT2D eigenvalue weighted by molar-refractivity contribution is -0.114. The molecular formula is C17H22N4O3S3. The van der Waals surface area contributed by atoms with Crippen LogP contribution in [0.3, 0.4) is 0 Å². The average molecular weight is 427 g/mol. The van der Waals surface area contributed by atoms with E-state index in [1.165, 1.54) is 23.1 Å². The Hall–Kier alpha value is -1.91. The highest BCUT2D eigenvalue weighted by molar-refractivity contribution is 8.01. The number of thioether (sulfide) groups is 1. The van der Waals surface area contributed by atoms with Gasteiger partial charge in [0.1, 0.15) is 6.54 Å². The maximum atomic E-state index is 12.3. The largest absolute Gasteiger partial charge is 0.299 e. The summed E-state index contributed by atoms with van der Waals surface area (Å²) in [6.45, 7) is 7.41. The maximum Gasteiger partial charge on any atom is 0.246 e. The summed E-state index contributed by atoms with van der Waals surface area (Å²) >= 11 is 2.69. The highest BCUT2D eigenvalue weighted by Gasteiger charge is 2.21. The van der Waals surface area contributed by atoms with Gasteiger partial charge in [0.25, 0.3) is 0 Å². The van der Waals surface area contributed by atoms with Crippen LogP contribution in [0.25, 0.3) is 0 Å². The Morgan fingerprint density at radius 2 is 2.00 bits per heavy atom. The summed E-state index contributed by atoms with van der Waals surface area (Å²) in [6.07, 6.45) is 2.82. The molecule has 0 saturated carbocycles. The molecule has 1 N–H and O–H groups in total. The second-order valence-corrected chi connectivity index (χ2v) is 10.2. The first kappa shape index (κ1) is 21.4. The van der Waals surface area contributed by atoms with E-state index in [-0.39, 0.29) is 6.54 Å². The van der Waals surface area contributed by atoms with Gasteiger partial charge >= 0.3 is 0 Å². The first-order chi connectivity index (χ1) is 12.7. The van der Waals surface area contributed by atoms with Crippen molar-refractivity contribution in [1.82, 2.24) is 10.2 Å². The number of nitrogens with zero attached hydrogens (tertiary/aromatic N) is 3. The van der Waals surface area contributed by atoms with Crippen LogP contribution in [0.15, 0.2) is 41.3 Å². The lowest BCUT2D eigenvalue weighted by Crippen LogP contribution is -2.37. The highest BCUT2D eigenvalue weighted by Crippen LogP contribution is 2.26. The molecule has 7 nitrogen and oxygen atoms in total. The van der Waals surface area contributed by atoms with Crippen molar-refractivity contribution in [3.63, 3.8) is 0 Å². The van der Waals surface area contributed by atoms with Crippen molar-refractivity contribution in [2.45, 2.75) is 24.1 Å². The topological polar surface area (TPSA) is 92.3 Å². The standard InChI is InChI=1S/C17H22N4O3S3/c1-5-10-25-17-20-19-16(26-17)18-15(22)11-21(27(4,23)24)14-8-6-13(7-9-14)12(2)3/h5-9,12H,1,10-11H2,2-4H3,(H,18,19,22). The van der Waals surface area contributed by atoms with Gasteiger partial charge in [-0.2, -0.15) is 0 Å². The molecule has 0 aliphatic heterocycles. The van der Waals surface area contributed by atoms with Crippen LogP contribution in [0, 0.1) is 0 Å². The smallest absolute Gasteiger partial charge is 0.246 e. The molecule has 1 heterocycles. The molecule has 1 aromatic carbocycles. The molecule has 2 aromatic rings. The number of carbonyl (C=O) groups excluding carboxylic acids is 1. The molecule has 1 amide bonds. The number of benzene rings is 1. The summed E-state index contributed by atoms with van der Waals surface area (Å²) in [6, 6.07) is 7.14. The molecule has 2 rings (SSSR count). The van der Waals surface area contributed by atoms with Gasteiger partial charge in [-0.3, -0.25) is 14.4 Å². The van der Waals surface area contributed by atoms with E-state index < -0.39 is 15.9 Å². The summed E-state index contributed by atoms with van der Waals surface area (Å²) in [5.74, 6) is 0.543. The van der Waals surface area contributed by atoms with E-state index in [2.05, 4.69) is 35.9 Å². The molecule has 0 aliphatic carbocycles. The third-order valence-electron chi connectivity index (χ3n) is 3.51. The van der Waals surface area contributed by atoms with Crippen LogP contribution in [-0.4, -0.2) is 43.1 Å². The van der Waals surface area contributed by atoms with Gasteiger partial charge in [0.15, 0.2) is 4.34 Å². The highest BCUT2D eigenvalue weighted by atomic mass is 32.2. The monoisotopic (exact) mass is 426 g/mol. The molecule has 0 aliphatic rings. The Labute approximate surface area is 167 Å². The number of carbonyl (C=O) groups is 1. The van der Waals surface area contributed by atoms with E-state index in [4.69, 9.17) is 0 Å². The first-order valence-electron chi connectivity index (χ1n) is 8.15. The summed E-state index contributed by atoms with van der Waals surface area (Å²) in [5, 5.41) is 10.8. The van der Waals surface area contributed by atoms with E-state index in [1.807, 2.05) is 12.1 Å². The van der Waals surface area contributed by atoms with Gasteiger partial charge < -0.3 is 0 Å². The molecule has 0 radical (unpaired) electrons. The van der Waals surface area contributed by atoms with Crippen molar-refractivity contribution in [2.75, 3.05) is 28.2 Å². The van der Waals surface area contributed by atoms with E-state index in [9.17, 15) is 13.2 Å². The Kier molecular flexibility index (Phi) is 7.40. The minimum atomic E-state index is -3.62. The molecule has 0 bridgehead atoms. The normalized spacial score (nSPS) is 11.4. The number of hydrogen-bond donors (Lipinski definition) is 1. The van der Waals surface area contributed by atoms with Crippen LogP contribution >= 0.6 is 23.1 Å². The van der Waals surface area contributed by atoms with E-state index in [1.54, 1.807) is 18.2 Å². The molecule has 0 unspecified atom stereocenters. The molecule has 0 saturated heterocycles. The van der Waals surface area contributed by atoms with Crippen molar-refractivity contribution in [3.05, 3.63) is 42.5 Å². The number of amides is 1. The van der Waals surface area contributed by atoms with Gasteiger partial charge in [0, 0.05) is 5.75 Å². The fraction of sp³-hybridized carbons (Fsp3) is 0.353. The Morgan fingerprint density at radius 1 is 1.33 bits per heavy atom. The molecule has 146 valence electrons. The Morgan fingerprint density at radius 3 is 2.56 bits per heavy atom. The fourth-order valence-electron chi connectivity index (χ4n) is 2.16. The second-order valence-electron chi connectivity index (χ2n) is 6.04. The maximum absolute atomic E-state index is 12.3. The molecule has 0 atom stereocenters. The quantitative estimate of drug-likeness (QED) is 0.376. The van der Waals surface area contributed by atoms with Crippen molar-refractivity contribution in [2.24, 2.45) is 0 Å². The number of sulfonamides is 1. The summed E-state index contributed by atoms with van der Waals surface area (Å²) in [5.41, 5.74) is 1.53. The Bertz CT molecular complexity index is 892. The van der Waals surface area contributed by atoms with Gasteiger partial charge in [-0.05, 0) is 23.6 Å². The lowest BCUT2D eigenvalue weighted by atomic mass is 10.0. The van der Waals surface area contributed by atoms with Gasteiger partial charge in [-0.15, -0.1) is 16.8 Å². The zero-order chi connectivity index (χ0) is 20.0. The van der Waals surface area contributed by atoms with Crippen LogP contribution in [0.2, 0.25) is 0 Å². The number of hydrogen-bond acceptors (Lipinski definition) is 7. The predicted molar refractivity (Wildman–Crippen MR) is 112 cm³/mol. The lowest BCUT2D eigenvalue weighted by Gasteiger charge is -2.22. The van der Waals surface area contributed by atoms with Crippen LogP contribution in [0.4, 0.5) is 10.8 Å². The fourth-order valence-corrected chi connectivity index (χ4v) is 4.55. The average Bonchev–Trinajstić information content (AvgIpc) is 3.04. The van der Waals surface area contributed by atoms with Crippen LogP contribution in [0.1, 0.15) is 25.3 Å².